The van der Waals surface area contributed by atoms with Crippen LogP contribution in [0.25, 0.3) is 0 Å². The van der Waals surface area contributed by atoms with Gasteiger partial charge in [-0.15, -0.1) is 11.3 Å². The van der Waals surface area contributed by atoms with Crippen molar-refractivity contribution < 1.29 is 19.5 Å². The summed E-state index contributed by atoms with van der Waals surface area (Å²) < 4.78 is 0. The molecule has 1 heterocycles. The Balaban J connectivity index is 1.86. The summed E-state index contributed by atoms with van der Waals surface area (Å²) in [6, 6.07) is 0. The van der Waals surface area contributed by atoms with Gasteiger partial charge in [-0.25, -0.2) is 0 Å². The van der Waals surface area contributed by atoms with E-state index < -0.39 is 23.7 Å². The monoisotopic (exact) mass is 363 g/mol. The van der Waals surface area contributed by atoms with Gasteiger partial charge in [-0.2, -0.15) is 0 Å². The Morgan fingerprint density at radius 2 is 1.84 bits per heavy atom. The first kappa shape index (κ1) is 17.9. The maximum Gasteiger partial charge on any atom is 0.251 e. The number of nitrogens with two attached hydrogens (primary N) is 1. The predicted octanol–water partition coefficient (Wildman–Crippen LogP) is 1.47. The first-order chi connectivity index (χ1) is 11.9. The number of aliphatic carboxylic acids is 1. The predicted molar refractivity (Wildman–Crippen MR) is 93.1 cm³/mol. The second-order valence-corrected chi connectivity index (χ2v) is 8.33. The Bertz CT molecular complexity index is 712. The van der Waals surface area contributed by atoms with Crippen LogP contribution < -0.4 is 16.2 Å². The lowest BCUT2D eigenvalue weighted by Crippen LogP contribution is -2.42. The molecule has 3 N–H and O–H groups in total. The standard InChI is InChI=1S/C18H24N2O4S/c1-9-6-7-12-13(8-9)25-17(14(12)15(19)21)20-16(22)10-4-2-3-5-11(10)18(23)24/h9-11H,2-8H2,1H3,(H2,19,21)(H,20,22)(H,23,24)/p-1/t9-,10+,11-/m0/s1. The average molecular weight is 363 g/mol. The van der Waals surface area contributed by atoms with Crippen LogP contribution in [0.15, 0.2) is 0 Å². The molecule has 1 saturated carbocycles. The van der Waals surface area contributed by atoms with Gasteiger partial charge in [-0.05, 0) is 43.6 Å². The third-order valence-corrected chi connectivity index (χ3v) is 6.57. The van der Waals surface area contributed by atoms with Crippen molar-refractivity contribution in [1.82, 2.24) is 0 Å². The van der Waals surface area contributed by atoms with Crippen LogP contribution in [0.1, 0.15) is 59.8 Å². The molecule has 1 fully saturated rings. The van der Waals surface area contributed by atoms with Gasteiger partial charge in [0, 0.05) is 22.7 Å². The van der Waals surface area contributed by atoms with Gasteiger partial charge >= 0.3 is 0 Å². The van der Waals surface area contributed by atoms with Gasteiger partial charge in [-0.1, -0.05) is 19.8 Å². The number of primary amides is 1. The average Bonchev–Trinajstić information content (AvgIpc) is 2.91. The van der Waals surface area contributed by atoms with Crippen molar-refractivity contribution in [3.63, 3.8) is 0 Å². The van der Waals surface area contributed by atoms with Crippen LogP contribution in [0.2, 0.25) is 0 Å². The molecule has 0 saturated heterocycles. The lowest BCUT2D eigenvalue weighted by atomic mass is 9.78. The van der Waals surface area contributed by atoms with Crippen molar-refractivity contribution in [1.29, 1.82) is 0 Å². The number of hydrogen-bond acceptors (Lipinski definition) is 5. The Morgan fingerprint density at radius 3 is 2.48 bits per heavy atom. The summed E-state index contributed by atoms with van der Waals surface area (Å²) in [5.41, 5.74) is 6.91. The number of carboxylic acids is 1. The molecule has 2 amide bonds. The zero-order valence-electron chi connectivity index (χ0n) is 14.3. The zero-order valence-corrected chi connectivity index (χ0v) is 15.1. The lowest BCUT2D eigenvalue weighted by molar-refractivity contribution is -0.313. The van der Waals surface area contributed by atoms with Gasteiger partial charge in [0.1, 0.15) is 5.00 Å². The molecule has 0 radical (unpaired) electrons. The first-order valence-electron chi connectivity index (χ1n) is 8.84. The van der Waals surface area contributed by atoms with Crippen LogP contribution in [-0.4, -0.2) is 17.8 Å². The molecule has 0 spiro atoms. The number of fused-ring (bicyclic) bond motifs is 1. The van der Waals surface area contributed by atoms with Crippen molar-refractivity contribution in [2.75, 3.05) is 5.32 Å². The number of carbonyl (C=O) groups excluding carboxylic acids is 3. The van der Waals surface area contributed by atoms with Crippen LogP contribution >= 0.6 is 11.3 Å². The Kier molecular flexibility index (Phi) is 5.13. The quantitative estimate of drug-likeness (QED) is 0.843. The van der Waals surface area contributed by atoms with Crippen molar-refractivity contribution in [2.24, 2.45) is 23.5 Å². The van der Waals surface area contributed by atoms with Crippen molar-refractivity contribution >= 4 is 34.1 Å². The summed E-state index contributed by atoms with van der Waals surface area (Å²) in [4.78, 5) is 37.1. The van der Waals surface area contributed by atoms with E-state index in [2.05, 4.69) is 12.2 Å². The van der Waals surface area contributed by atoms with Gasteiger partial charge in [0.05, 0.1) is 5.56 Å². The van der Waals surface area contributed by atoms with E-state index in [1.807, 2.05) is 0 Å². The minimum absolute atomic E-state index is 0.344. The highest BCUT2D eigenvalue weighted by molar-refractivity contribution is 7.17. The smallest absolute Gasteiger partial charge is 0.251 e. The van der Waals surface area contributed by atoms with E-state index >= 15 is 0 Å². The molecule has 7 heteroatoms. The van der Waals surface area contributed by atoms with Crippen LogP contribution in [0.3, 0.4) is 0 Å². The molecule has 2 aliphatic carbocycles. The molecule has 6 nitrogen and oxygen atoms in total. The molecule has 2 aliphatic rings. The van der Waals surface area contributed by atoms with Gasteiger partial charge in [-0.3, -0.25) is 9.59 Å². The fourth-order valence-corrected chi connectivity index (χ4v) is 5.45. The number of anilines is 1. The van der Waals surface area contributed by atoms with Gasteiger partial charge in [0.25, 0.3) is 5.91 Å². The van der Waals surface area contributed by atoms with Crippen molar-refractivity contribution in [3.8, 4) is 0 Å². The van der Waals surface area contributed by atoms with E-state index in [9.17, 15) is 19.5 Å². The molecule has 3 rings (SSSR count). The fraction of sp³-hybridized carbons (Fsp3) is 0.611. The lowest BCUT2D eigenvalue weighted by Gasteiger charge is -2.31. The second kappa shape index (κ2) is 7.15. The van der Waals surface area contributed by atoms with E-state index in [0.717, 1.165) is 42.5 Å². The van der Waals surface area contributed by atoms with Gasteiger partial charge in [0.15, 0.2) is 0 Å². The third-order valence-electron chi connectivity index (χ3n) is 5.40. The largest absolute Gasteiger partial charge is 0.550 e. The van der Waals surface area contributed by atoms with Crippen molar-refractivity contribution in [3.05, 3.63) is 16.0 Å². The van der Waals surface area contributed by atoms with E-state index in [1.165, 1.54) is 11.3 Å². The molecule has 0 bridgehead atoms. The summed E-state index contributed by atoms with van der Waals surface area (Å²) in [6.45, 7) is 2.16. The number of carbonyl (C=O) groups is 3. The SMILES string of the molecule is C[C@H]1CCc2c(sc(NC(=O)[C@@H]3CCCC[C@@H]3C(=O)[O-])c2C(N)=O)C1. The minimum Gasteiger partial charge on any atom is -0.550 e. The second-order valence-electron chi connectivity index (χ2n) is 7.23. The number of amides is 2. The molecular weight excluding hydrogens is 340 g/mol. The number of rotatable bonds is 4. The molecule has 1 aromatic heterocycles. The molecular formula is C18H23N2O4S-. The number of hydrogen-bond donors (Lipinski definition) is 2. The minimum atomic E-state index is -1.17. The number of carboxylic acid groups (broad SMARTS) is 1. The number of thiophene rings is 1. The maximum atomic E-state index is 12.7. The maximum absolute atomic E-state index is 12.7. The summed E-state index contributed by atoms with van der Waals surface area (Å²) in [6.07, 6.45) is 5.25. The summed E-state index contributed by atoms with van der Waals surface area (Å²) in [5, 5.41) is 14.6. The van der Waals surface area contributed by atoms with Crippen LogP contribution in [0, 0.1) is 17.8 Å². The molecule has 136 valence electrons. The Morgan fingerprint density at radius 1 is 1.16 bits per heavy atom. The fourth-order valence-electron chi connectivity index (χ4n) is 4.03. The first-order valence-corrected chi connectivity index (χ1v) is 9.66. The highest BCUT2D eigenvalue weighted by Gasteiger charge is 2.34. The van der Waals surface area contributed by atoms with Crippen molar-refractivity contribution in [2.45, 2.75) is 51.9 Å². The Labute approximate surface area is 150 Å². The van der Waals surface area contributed by atoms with E-state index in [0.29, 0.717) is 29.3 Å². The molecule has 0 aliphatic heterocycles. The third kappa shape index (κ3) is 3.56. The highest BCUT2D eigenvalue weighted by atomic mass is 32.1. The topological polar surface area (TPSA) is 112 Å². The molecule has 25 heavy (non-hydrogen) atoms. The molecule has 0 unspecified atom stereocenters. The van der Waals surface area contributed by atoms with Crippen LogP contribution in [0.5, 0.6) is 0 Å². The van der Waals surface area contributed by atoms with Gasteiger partial charge < -0.3 is 21.0 Å². The summed E-state index contributed by atoms with van der Waals surface area (Å²) >= 11 is 1.40. The summed E-state index contributed by atoms with van der Waals surface area (Å²) in [7, 11) is 0. The van der Waals surface area contributed by atoms with E-state index in [4.69, 9.17) is 5.73 Å². The van der Waals surface area contributed by atoms with Crippen LogP contribution in [-0.2, 0) is 22.4 Å². The zero-order chi connectivity index (χ0) is 18.1. The number of nitrogens with one attached hydrogen (secondary N) is 1. The van der Waals surface area contributed by atoms with Crippen LogP contribution in [0.4, 0.5) is 5.00 Å². The Hall–Kier alpha value is -1.89. The van der Waals surface area contributed by atoms with E-state index in [-0.39, 0.29) is 5.91 Å². The normalized spacial score (nSPS) is 25.9. The molecule has 3 atom stereocenters. The highest BCUT2D eigenvalue weighted by Crippen LogP contribution is 2.40. The van der Waals surface area contributed by atoms with E-state index in [1.54, 1.807) is 0 Å². The molecule has 0 aromatic carbocycles. The van der Waals surface area contributed by atoms with Gasteiger partial charge in [0.2, 0.25) is 5.91 Å². The molecule has 1 aromatic rings. The summed E-state index contributed by atoms with van der Waals surface area (Å²) in [5.74, 6) is -2.89.